The first-order chi connectivity index (χ1) is 10.3. The minimum Gasteiger partial charge on any atom is -0.308 e. The SMILES string of the molecule is CNC(C1=CCCCCC1)c1nc2ccccc2cc1Br. The maximum Gasteiger partial charge on any atom is 0.0764 e. The van der Waals surface area contributed by atoms with Crippen LogP contribution in [0.15, 0.2) is 46.5 Å². The van der Waals surface area contributed by atoms with E-state index in [4.69, 9.17) is 4.98 Å². The topological polar surface area (TPSA) is 24.9 Å². The highest BCUT2D eigenvalue weighted by Gasteiger charge is 2.20. The molecule has 0 aliphatic heterocycles. The van der Waals surface area contributed by atoms with Crippen LogP contribution in [-0.2, 0) is 0 Å². The molecule has 3 heteroatoms. The van der Waals surface area contributed by atoms with E-state index in [2.05, 4.69) is 51.6 Å². The van der Waals surface area contributed by atoms with Crippen molar-refractivity contribution >= 4 is 26.8 Å². The molecule has 110 valence electrons. The molecule has 21 heavy (non-hydrogen) atoms. The van der Waals surface area contributed by atoms with Crippen LogP contribution in [0.3, 0.4) is 0 Å². The third-order valence-electron chi connectivity index (χ3n) is 4.21. The minimum absolute atomic E-state index is 0.210. The highest BCUT2D eigenvalue weighted by Crippen LogP contribution is 2.33. The van der Waals surface area contributed by atoms with E-state index in [1.807, 2.05) is 13.1 Å². The van der Waals surface area contributed by atoms with Gasteiger partial charge in [0, 0.05) is 9.86 Å². The van der Waals surface area contributed by atoms with Gasteiger partial charge >= 0.3 is 0 Å². The smallest absolute Gasteiger partial charge is 0.0764 e. The van der Waals surface area contributed by atoms with Crippen molar-refractivity contribution in [3.05, 3.63) is 52.1 Å². The second-order valence-corrected chi connectivity index (χ2v) is 6.50. The monoisotopic (exact) mass is 344 g/mol. The Morgan fingerprint density at radius 3 is 2.90 bits per heavy atom. The molecule has 3 rings (SSSR count). The van der Waals surface area contributed by atoms with E-state index >= 15 is 0 Å². The van der Waals surface area contributed by atoms with Gasteiger partial charge in [-0.3, -0.25) is 0 Å². The summed E-state index contributed by atoms with van der Waals surface area (Å²) < 4.78 is 1.09. The van der Waals surface area contributed by atoms with E-state index in [1.54, 1.807) is 0 Å². The Kier molecular flexibility index (Phi) is 4.71. The molecule has 1 atom stereocenters. The quantitative estimate of drug-likeness (QED) is 0.779. The summed E-state index contributed by atoms with van der Waals surface area (Å²) in [6, 6.07) is 10.7. The van der Waals surface area contributed by atoms with E-state index < -0.39 is 0 Å². The minimum atomic E-state index is 0.210. The van der Waals surface area contributed by atoms with Gasteiger partial charge < -0.3 is 5.32 Å². The molecular weight excluding hydrogens is 324 g/mol. The molecule has 2 aromatic rings. The fourth-order valence-electron chi connectivity index (χ4n) is 3.11. The Bertz CT molecular complexity index is 663. The van der Waals surface area contributed by atoms with Gasteiger partial charge in [-0.25, -0.2) is 4.98 Å². The first kappa shape index (κ1) is 14.7. The standard InChI is InChI=1S/C18H21BrN2/c1-20-17(13-8-4-2-3-5-9-13)18-15(19)12-14-10-6-7-11-16(14)21-18/h6-8,10-12,17,20H,2-5,9H2,1H3. The number of benzene rings is 1. The lowest BCUT2D eigenvalue weighted by Crippen LogP contribution is -2.20. The van der Waals surface area contributed by atoms with Crippen LogP contribution < -0.4 is 5.32 Å². The Labute approximate surface area is 134 Å². The molecule has 2 nitrogen and oxygen atoms in total. The third-order valence-corrected chi connectivity index (χ3v) is 4.85. The maximum absolute atomic E-state index is 4.90. The molecule has 1 unspecified atom stereocenters. The number of pyridine rings is 1. The summed E-state index contributed by atoms with van der Waals surface area (Å²) in [7, 11) is 2.03. The molecular formula is C18H21BrN2. The highest BCUT2D eigenvalue weighted by atomic mass is 79.9. The molecule has 0 bridgehead atoms. The van der Waals surface area contributed by atoms with Crippen LogP contribution in [0.5, 0.6) is 0 Å². The molecule has 0 spiro atoms. The van der Waals surface area contributed by atoms with E-state index in [0.717, 1.165) is 15.7 Å². The van der Waals surface area contributed by atoms with E-state index in [-0.39, 0.29) is 6.04 Å². The molecule has 1 aromatic carbocycles. The van der Waals surface area contributed by atoms with Gasteiger partial charge in [0.1, 0.15) is 0 Å². The Morgan fingerprint density at radius 1 is 1.19 bits per heavy atom. The zero-order valence-corrected chi connectivity index (χ0v) is 14.0. The van der Waals surface area contributed by atoms with Crippen molar-refractivity contribution in [3.8, 4) is 0 Å². The predicted molar refractivity (Wildman–Crippen MR) is 92.4 cm³/mol. The summed E-state index contributed by atoms with van der Waals surface area (Å²) >= 11 is 3.72. The summed E-state index contributed by atoms with van der Waals surface area (Å²) in [5.74, 6) is 0. The maximum atomic E-state index is 4.90. The van der Waals surface area contributed by atoms with Crippen LogP contribution in [-0.4, -0.2) is 12.0 Å². The fraction of sp³-hybridized carbons (Fsp3) is 0.389. The lowest BCUT2D eigenvalue weighted by molar-refractivity contribution is 0.615. The summed E-state index contributed by atoms with van der Waals surface area (Å²) in [4.78, 5) is 4.90. The molecule has 1 N–H and O–H groups in total. The number of hydrogen-bond acceptors (Lipinski definition) is 2. The van der Waals surface area contributed by atoms with Gasteiger partial charge in [0.15, 0.2) is 0 Å². The lowest BCUT2D eigenvalue weighted by atomic mass is 9.98. The van der Waals surface area contributed by atoms with Gasteiger partial charge in [-0.2, -0.15) is 0 Å². The predicted octanol–water partition coefficient (Wildman–Crippen LogP) is 5.15. The van der Waals surface area contributed by atoms with E-state index in [1.165, 1.54) is 43.1 Å². The number of fused-ring (bicyclic) bond motifs is 1. The highest BCUT2D eigenvalue weighted by molar-refractivity contribution is 9.10. The van der Waals surface area contributed by atoms with Crippen molar-refractivity contribution in [1.82, 2.24) is 10.3 Å². The first-order valence-corrected chi connectivity index (χ1v) is 8.50. The van der Waals surface area contributed by atoms with Crippen LogP contribution in [0.4, 0.5) is 0 Å². The van der Waals surface area contributed by atoms with Crippen molar-refractivity contribution in [1.29, 1.82) is 0 Å². The summed E-state index contributed by atoms with van der Waals surface area (Å²) in [6.07, 6.45) is 8.72. The second-order valence-electron chi connectivity index (χ2n) is 5.65. The number of aromatic nitrogens is 1. The average Bonchev–Trinajstić information content (AvgIpc) is 2.78. The Morgan fingerprint density at radius 2 is 2.05 bits per heavy atom. The third kappa shape index (κ3) is 3.19. The van der Waals surface area contributed by atoms with Gasteiger partial charge in [-0.1, -0.05) is 36.3 Å². The summed E-state index contributed by atoms with van der Waals surface area (Å²) in [5.41, 5.74) is 3.65. The number of allylic oxidation sites excluding steroid dienone is 1. The van der Waals surface area contributed by atoms with Gasteiger partial charge in [0.25, 0.3) is 0 Å². The molecule has 0 saturated heterocycles. The van der Waals surface area contributed by atoms with E-state index in [0.29, 0.717) is 0 Å². The van der Waals surface area contributed by atoms with Crippen LogP contribution in [0.25, 0.3) is 10.9 Å². The van der Waals surface area contributed by atoms with Crippen LogP contribution in [0.1, 0.15) is 43.8 Å². The van der Waals surface area contributed by atoms with Gasteiger partial charge in [0.05, 0.1) is 17.3 Å². The van der Waals surface area contributed by atoms with Crippen LogP contribution in [0.2, 0.25) is 0 Å². The molecule has 0 amide bonds. The van der Waals surface area contributed by atoms with Gasteiger partial charge in [0.2, 0.25) is 0 Å². The average molecular weight is 345 g/mol. The number of para-hydroxylation sites is 1. The summed E-state index contributed by atoms with van der Waals surface area (Å²) in [5, 5.41) is 4.64. The van der Waals surface area contributed by atoms with Crippen LogP contribution >= 0.6 is 15.9 Å². The molecule has 1 aromatic heterocycles. The molecule has 1 heterocycles. The fourth-order valence-corrected chi connectivity index (χ4v) is 3.67. The van der Waals surface area contributed by atoms with Crippen molar-refractivity contribution in [2.24, 2.45) is 0 Å². The van der Waals surface area contributed by atoms with Crippen molar-refractivity contribution in [3.63, 3.8) is 0 Å². The zero-order chi connectivity index (χ0) is 14.7. The first-order valence-electron chi connectivity index (χ1n) is 7.71. The molecule has 1 aliphatic carbocycles. The number of hydrogen-bond donors (Lipinski definition) is 1. The van der Waals surface area contributed by atoms with Crippen LogP contribution in [0, 0.1) is 0 Å². The number of likely N-dealkylation sites (N-methyl/N-ethyl adjacent to an activating group) is 1. The zero-order valence-electron chi connectivity index (χ0n) is 12.4. The van der Waals surface area contributed by atoms with Gasteiger partial charge in [-0.05, 0) is 60.8 Å². The van der Waals surface area contributed by atoms with E-state index in [9.17, 15) is 0 Å². The summed E-state index contributed by atoms with van der Waals surface area (Å²) in [6.45, 7) is 0. The number of nitrogens with zero attached hydrogens (tertiary/aromatic N) is 1. The molecule has 1 aliphatic rings. The van der Waals surface area contributed by atoms with Crippen molar-refractivity contribution < 1.29 is 0 Å². The number of nitrogens with one attached hydrogen (secondary N) is 1. The largest absolute Gasteiger partial charge is 0.308 e. The Balaban J connectivity index is 2.03. The number of rotatable bonds is 3. The van der Waals surface area contributed by atoms with Gasteiger partial charge in [-0.15, -0.1) is 0 Å². The second kappa shape index (κ2) is 6.71. The normalized spacial score (nSPS) is 17.3. The van der Waals surface area contributed by atoms with Crippen molar-refractivity contribution in [2.75, 3.05) is 7.05 Å². The molecule has 0 fully saturated rings. The number of halogens is 1. The lowest BCUT2D eigenvalue weighted by Gasteiger charge is -2.21. The van der Waals surface area contributed by atoms with Crippen molar-refractivity contribution in [2.45, 2.75) is 38.1 Å². The molecule has 0 saturated carbocycles. The Hall–Kier alpha value is -1.19. The molecule has 0 radical (unpaired) electrons.